The molecule has 0 aliphatic heterocycles. The zero-order valence-corrected chi connectivity index (χ0v) is 10.1. The van der Waals surface area contributed by atoms with Crippen LogP contribution in [0.4, 0.5) is 0 Å². The summed E-state index contributed by atoms with van der Waals surface area (Å²) in [6.45, 7) is 7.10. The van der Waals surface area contributed by atoms with Gasteiger partial charge in [-0.1, -0.05) is 0 Å². The molecule has 1 rings (SSSR count). The van der Waals surface area contributed by atoms with Crippen LogP contribution in [-0.4, -0.2) is 24.1 Å². The minimum absolute atomic E-state index is 1.06. The van der Waals surface area contributed by atoms with Gasteiger partial charge >= 0.3 is 77.6 Å². The first-order valence-corrected chi connectivity index (χ1v) is 8.23. The zero-order valence-electron chi connectivity index (χ0n) is 7.26. The van der Waals surface area contributed by atoms with E-state index in [0.29, 0.717) is 0 Å². The number of hydrogen-bond donors (Lipinski definition) is 0. The van der Waals surface area contributed by atoms with Gasteiger partial charge in [0.1, 0.15) is 0 Å². The molecule has 1 aromatic carbocycles. The third-order valence-corrected chi connectivity index (χ3v) is 4.42. The number of hydrogen-bond acceptors (Lipinski definition) is 0. The van der Waals surface area contributed by atoms with E-state index in [9.17, 15) is 0 Å². The molecule has 0 fully saturated rings. The molecule has 0 unspecified atom stereocenters. The first-order chi connectivity index (χ1) is 5.00. The van der Waals surface area contributed by atoms with Gasteiger partial charge in [-0.2, -0.15) is 0 Å². The maximum absolute atomic E-state index is 2.56. The van der Waals surface area contributed by atoms with Gasteiger partial charge in [0, 0.05) is 0 Å². The summed E-state index contributed by atoms with van der Waals surface area (Å²) in [7, 11) is -1.06. The van der Waals surface area contributed by atoms with Crippen LogP contribution in [0.15, 0.2) is 24.3 Å². The van der Waals surface area contributed by atoms with Crippen LogP contribution in [0, 0.1) is 0 Å². The quantitative estimate of drug-likeness (QED) is 0.624. The predicted octanol–water partition coefficient (Wildman–Crippen LogP) is 0.758. The van der Waals surface area contributed by atoms with Crippen LogP contribution in [-0.2, 0) is 0 Å². The molecular weight excluding hydrogens is 215 g/mol. The van der Waals surface area contributed by atoms with E-state index in [2.05, 4.69) is 59.9 Å². The van der Waals surface area contributed by atoms with Crippen LogP contribution in [0.25, 0.3) is 0 Å². The van der Waals surface area contributed by atoms with E-state index < -0.39 is 8.07 Å². The Kier molecular flexibility index (Phi) is 2.58. The van der Waals surface area contributed by atoms with Gasteiger partial charge in [0.2, 0.25) is 0 Å². The fourth-order valence-corrected chi connectivity index (χ4v) is 2.44. The molecule has 0 saturated heterocycles. The summed E-state index contributed by atoms with van der Waals surface area (Å²) in [6, 6.07) is 8.85. The SMILES string of the molecule is C[Si](C)(C)c1ccc([SeH])cc1. The zero-order chi connectivity index (χ0) is 8.48. The second-order valence-corrected chi connectivity index (χ2v) is 9.96. The predicted molar refractivity (Wildman–Crippen MR) is 56.2 cm³/mol. The molecule has 0 saturated carbocycles. The van der Waals surface area contributed by atoms with Crippen molar-refractivity contribution in [3.8, 4) is 0 Å². The molecule has 0 radical (unpaired) electrons. The van der Waals surface area contributed by atoms with Crippen LogP contribution in [0.1, 0.15) is 0 Å². The Morgan fingerprint density at radius 3 is 1.82 bits per heavy atom. The standard InChI is InChI=1S/C9H14SeSi/c1-11(2,3)9-6-4-8(10)5-7-9/h4-7,10H,1-3H3. The van der Waals surface area contributed by atoms with E-state index in [4.69, 9.17) is 0 Å². The molecule has 0 bridgehead atoms. The average molecular weight is 229 g/mol. The molecule has 0 atom stereocenters. The summed E-state index contributed by atoms with van der Waals surface area (Å²) in [5, 5.41) is 1.53. The molecule has 0 aromatic heterocycles. The Labute approximate surface area is 77.8 Å². The van der Waals surface area contributed by atoms with Crippen LogP contribution in [0.2, 0.25) is 19.6 Å². The summed E-state index contributed by atoms with van der Waals surface area (Å²) in [6.07, 6.45) is 0. The van der Waals surface area contributed by atoms with Crippen molar-refractivity contribution in [3.05, 3.63) is 24.3 Å². The molecule has 0 aliphatic rings. The van der Waals surface area contributed by atoms with Gasteiger partial charge < -0.3 is 0 Å². The Balaban J connectivity index is 2.99. The van der Waals surface area contributed by atoms with Crippen molar-refractivity contribution in [1.29, 1.82) is 0 Å². The van der Waals surface area contributed by atoms with Gasteiger partial charge in [0.05, 0.1) is 0 Å². The molecule has 2 heteroatoms. The average Bonchev–Trinajstić information content (AvgIpc) is 1.86. The van der Waals surface area contributed by atoms with E-state index in [0.717, 1.165) is 0 Å². The van der Waals surface area contributed by atoms with Crippen molar-refractivity contribution >= 4 is 33.7 Å². The summed E-state index contributed by atoms with van der Waals surface area (Å²) in [5.74, 6) is 0. The van der Waals surface area contributed by atoms with E-state index in [1.54, 1.807) is 0 Å². The Morgan fingerprint density at radius 1 is 1.00 bits per heavy atom. The normalized spacial score (nSPS) is 11.6. The van der Waals surface area contributed by atoms with Crippen molar-refractivity contribution < 1.29 is 0 Å². The fourth-order valence-electron chi connectivity index (χ4n) is 0.961. The molecule has 0 N–H and O–H groups in total. The van der Waals surface area contributed by atoms with Gasteiger partial charge in [-0.15, -0.1) is 0 Å². The van der Waals surface area contributed by atoms with Crippen molar-refractivity contribution in [2.45, 2.75) is 19.6 Å². The maximum atomic E-state index is 2.56. The minimum atomic E-state index is -1.06. The number of benzene rings is 1. The monoisotopic (exact) mass is 230 g/mol. The Morgan fingerprint density at radius 2 is 1.45 bits per heavy atom. The molecular formula is C9H14SeSi. The van der Waals surface area contributed by atoms with Crippen molar-refractivity contribution in [2.75, 3.05) is 0 Å². The summed E-state index contributed by atoms with van der Waals surface area (Å²) < 4.78 is 1.29. The molecule has 0 nitrogen and oxygen atoms in total. The molecule has 0 aliphatic carbocycles. The van der Waals surface area contributed by atoms with Crippen LogP contribution < -0.4 is 9.65 Å². The van der Waals surface area contributed by atoms with Gasteiger partial charge in [-0.05, 0) is 0 Å². The van der Waals surface area contributed by atoms with Crippen LogP contribution >= 0.6 is 0 Å². The summed E-state index contributed by atoms with van der Waals surface area (Å²) >= 11 is 2.56. The molecule has 0 heterocycles. The van der Waals surface area contributed by atoms with Gasteiger partial charge in [-0.25, -0.2) is 0 Å². The van der Waals surface area contributed by atoms with Crippen molar-refractivity contribution in [1.82, 2.24) is 0 Å². The second-order valence-electron chi connectivity index (χ2n) is 3.80. The summed E-state index contributed by atoms with van der Waals surface area (Å²) in [4.78, 5) is 0. The fraction of sp³-hybridized carbons (Fsp3) is 0.333. The second kappa shape index (κ2) is 3.14. The number of rotatable bonds is 1. The van der Waals surface area contributed by atoms with Crippen molar-refractivity contribution in [3.63, 3.8) is 0 Å². The first kappa shape index (κ1) is 9.05. The van der Waals surface area contributed by atoms with Crippen molar-refractivity contribution in [2.24, 2.45) is 0 Å². The van der Waals surface area contributed by atoms with Gasteiger partial charge in [0.25, 0.3) is 0 Å². The molecule has 1 aromatic rings. The van der Waals surface area contributed by atoms with E-state index in [-0.39, 0.29) is 0 Å². The Bertz CT molecular complexity index is 233. The van der Waals surface area contributed by atoms with Gasteiger partial charge in [-0.3, -0.25) is 0 Å². The molecule has 60 valence electrons. The third-order valence-electron chi connectivity index (χ3n) is 1.73. The summed E-state index contributed by atoms with van der Waals surface area (Å²) in [5.41, 5.74) is 0. The topological polar surface area (TPSA) is 0 Å². The van der Waals surface area contributed by atoms with E-state index >= 15 is 0 Å². The third kappa shape index (κ3) is 2.48. The molecule has 11 heavy (non-hydrogen) atoms. The van der Waals surface area contributed by atoms with E-state index in [1.165, 1.54) is 9.65 Å². The van der Waals surface area contributed by atoms with Gasteiger partial charge in [0.15, 0.2) is 0 Å². The molecule has 0 amide bonds. The Hall–Kier alpha value is -0.0436. The van der Waals surface area contributed by atoms with Crippen LogP contribution in [0.5, 0.6) is 0 Å². The molecule has 0 spiro atoms. The van der Waals surface area contributed by atoms with Crippen LogP contribution in [0.3, 0.4) is 0 Å². The van der Waals surface area contributed by atoms with E-state index in [1.807, 2.05) is 0 Å². The first-order valence-electron chi connectivity index (χ1n) is 3.79.